The summed E-state index contributed by atoms with van der Waals surface area (Å²) >= 11 is 0. The molecule has 0 aliphatic rings. The molecule has 0 unspecified atom stereocenters. The number of benzene rings is 2. The van der Waals surface area contributed by atoms with E-state index >= 15 is 0 Å². The van der Waals surface area contributed by atoms with Crippen LogP contribution in [0.3, 0.4) is 0 Å². The summed E-state index contributed by atoms with van der Waals surface area (Å²) in [7, 11) is 0. The second-order valence-corrected chi connectivity index (χ2v) is 6.01. The summed E-state index contributed by atoms with van der Waals surface area (Å²) < 4.78 is 10.9. The van der Waals surface area contributed by atoms with Gasteiger partial charge in [-0.1, -0.05) is 18.2 Å². The van der Waals surface area contributed by atoms with Crippen LogP contribution in [0.5, 0.6) is 0 Å². The number of carbonyl (C=O) groups excluding carboxylic acids is 2. The highest BCUT2D eigenvalue weighted by atomic mass is 16.5. The van der Waals surface area contributed by atoms with Gasteiger partial charge < -0.3 is 14.5 Å². The number of nitriles is 1. The first kappa shape index (κ1) is 19.6. The lowest BCUT2D eigenvalue weighted by atomic mass is 10.2. The third-order valence-electron chi connectivity index (χ3n) is 3.86. The Kier molecular flexibility index (Phi) is 5.85. The molecule has 0 radical (unpaired) electrons. The van der Waals surface area contributed by atoms with E-state index in [0.29, 0.717) is 16.8 Å². The van der Waals surface area contributed by atoms with E-state index in [4.69, 9.17) is 14.4 Å². The predicted molar refractivity (Wildman–Crippen MR) is 102 cm³/mol. The Hall–Kier alpha value is -4.19. The first-order chi connectivity index (χ1) is 14.0. The number of hydrogen-bond donors (Lipinski definition) is 1. The van der Waals surface area contributed by atoms with Crippen LogP contribution in [0.25, 0.3) is 11.5 Å². The molecule has 0 spiro atoms. The van der Waals surface area contributed by atoms with Crippen molar-refractivity contribution in [3.05, 3.63) is 70.7 Å². The average Bonchev–Trinajstić information content (AvgIpc) is 3.09. The van der Waals surface area contributed by atoms with Crippen LogP contribution >= 0.6 is 0 Å². The van der Waals surface area contributed by atoms with E-state index in [1.165, 1.54) is 6.92 Å². The number of aromatic nitrogens is 2. The Labute approximate surface area is 165 Å². The van der Waals surface area contributed by atoms with Gasteiger partial charge in [-0.15, -0.1) is 5.10 Å². The van der Waals surface area contributed by atoms with E-state index in [-0.39, 0.29) is 5.89 Å². The highest BCUT2D eigenvalue weighted by Gasteiger charge is 2.20. The van der Waals surface area contributed by atoms with Crippen molar-refractivity contribution in [2.45, 2.75) is 19.6 Å². The van der Waals surface area contributed by atoms with Gasteiger partial charge in [0.05, 0.1) is 11.6 Å². The molecule has 0 saturated carbocycles. The van der Waals surface area contributed by atoms with E-state index in [1.807, 2.05) is 6.07 Å². The number of nitrogens with one attached hydrogen (secondary N) is 1. The van der Waals surface area contributed by atoms with Crippen molar-refractivity contribution in [1.82, 2.24) is 9.78 Å². The summed E-state index contributed by atoms with van der Waals surface area (Å²) in [5.41, 5.74) is 1.50. The van der Waals surface area contributed by atoms with Gasteiger partial charge in [-0.3, -0.25) is 9.59 Å². The molecule has 1 atom stereocenters. The number of amides is 1. The van der Waals surface area contributed by atoms with E-state index in [2.05, 4.69) is 10.4 Å². The van der Waals surface area contributed by atoms with Crippen LogP contribution in [0.1, 0.15) is 12.5 Å². The summed E-state index contributed by atoms with van der Waals surface area (Å²) in [4.78, 5) is 36.1. The van der Waals surface area contributed by atoms with Crippen LogP contribution in [0.2, 0.25) is 0 Å². The molecule has 1 amide bonds. The summed E-state index contributed by atoms with van der Waals surface area (Å²) in [5, 5.41) is 15.3. The number of esters is 1. The van der Waals surface area contributed by atoms with Crippen LogP contribution in [-0.2, 0) is 20.9 Å². The zero-order chi connectivity index (χ0) is 20.8. The molecule has 29 heavy (non-hydrogen) atoms. The molecule has 0 aliphatic carbocycles. The molecule has 0 saturated heterocycles. The second kappa shape index (κ2) is 8.67. The molecule has 0 bridgehead atoms. The Morgan fingerprint density at radius 2 is 1.90 bits per heavy atom. The van der Waals surface area contributed by atoms with E-state index in [9.17, 15) is 14.4 Å². The molecule has 3 rings (SSSR count). The topological polar surface area (TPSA) is 127 Å². The quantitative estimate of drug-likeness (QED) is 0.635. The van der Waals surface area contributed by atoms with Gasteiger partial charge in [-0.2, -0.15) is 9.94 Å². The maximum atomic E-state index is 12.2. The van der Waals surface area contributed by atoms with E-state index in [0.717, 1.165) is 4.68 Å². The molecular weight excluding hydrogens is 376 g/mol. The fraction of sp³-hybridized carbons (Fsp3) is 0.150. The third kappa shape index (κ3) is 4.95. The molecule has 1 N–H and O–H groups in total. The first-order valence-corrected chi connectivity index (χ1v) is 8.60. The van der Waals surface area contributed by atoms with Crippen molar-refractivity contribution in [3.63, 3.8) is 0 Å². The molecule has 9 heteroatoms. The smallest absolute Gasteiger partial charge is 0.437 e. The standard InChI is InChI=1S/C20H16N4O5/c1-13(18(26)22-16-9-7-14(11-21)8-10-16)28-17(25)12-24-20(27)29-19(23-24)15-5-3-2-4-6-15/h2-10,13H,12H2,1H3,(H,22,26)/t13-/m0/s1. The number of nitrogens with zero attached hydrogens (tertiary/aromatic N) is 3. The number of ether oxygens (including phenoxy) is 1. The molecule has 0 aliphatic heterocycles. The SMILES string of the molecule is C[C@H](OC(=O)Cn1nc(-c2ccccc2)oc1=O)C(=O)Nc1ccc(C#N)cc1. The Morgan fingerprint density at radius 1 is 1.21 bits per heavy atom. The highest BCUT2D eigenvalue weighted by molar-refractivity contribution is 5.95. The molecule has 9 nitrogen and oxygen atoms in total. The van der Waals surface area contributed by atoms with Crippen molar-refractivity contribution < 1.29 is 18.7 Å². The van der Waals surface area contributed by atoms with Crippen molar-refractivity contribution in [3.8, 4) is 17.5 Å². The lowest BCUT2D eigenvalue weighted by Gasteiger charge is -2.13. The lowest BCUT2D eigenvalue weighted by molar-refractivity contribution is -0.154. The second-order valence-electron chi connectivity index (χ2n) is 6.01. The molecule has 146 valence electrons. The van der Waals surface area contributed by atoms with Gasteiger partial charge in [0, 0.05) is 11.3 Å². The molecular formula is C20H16N4O5. The fourth-order valence-electron chi connectivity index (χ4n) is 2.39. The maximum absolute atomic E-state index is 12.2. The summed E-state index contributed by atoms with van der Waals surface area (Å²) in [6, 6.07) is 16.9. The van der Waals surface area contributed by atoms with Crippen LogP contribution in [-0.4, -0.2) is 27.8 Å². The van der Waals surface area contributed by atoms with E-state index in [1.54, 1.807) is 54.6 Å². The zero-order valence-electron chi connectivity index (χ0n) is 15.4. The van der Waals surface area contributed by atoms with Crippen LogP contribution in [0.15, 0.2) is 63.8 Å². The van der Waals surface area contributed by atoms with Crippen LogP contribution in [0, 0.1) is 11.3 Å². The summed E-state index contributed by atoms with van der Waals surface area (Å²) in [6.07, 6.45) is -1.10. The number of carbonyl (C=O) groups is 2. The van der Waals surface area contributed by atoms with Gasteiger partial charge in [0.25, 0.3) is 5.91 Å². The minimum atomic E-state index is -1.10. The fourth-order valence-corrected chi connectivity index (χ4v) is 2.39. The monoisotopic (exact) mass is 392 g/mol. The van der Waals surface area contributed by atoms with Crippen molar-refractivity contribution in [2.75, 3.05) is 5.32 Å². The minimum Gasteiger partial charge on any atom is -0.451 e. The zero-order valence-corrected chi connectivity index (χ0v) is 15.4. The molecule has 0 fully saturated rings. The van der Waals surface area contributed by atoms with Gasteiger partial charge in [0.15, 0.2) is 6.10 Å². The molecule has 2 aromatic carbocycles. The maximum Gasteiger partial charge on any atom is 0.437 e. The first-order valence-electron chi connectivity index (χ1n) is 8.60. The Bertz CT molecular complexity index is 1110. The van der Waals surface area contributed by atoms with Gasteiger partial charge in [-0.25, -0.2) is 4.79 Å². The summed E-state index contributed by atoms with van der Waals surface area (Å²) in [6.45, 7) is 0.904. The van der Waals surface area contributed by atoms with E-state index < -0.39 is 30.3 Å². The predicted octanol–water partition coefficient (Wildman–Crippen LogP) is 1.95. The highest BCUT2D eigenvalue weighted by Crippen LogP contribution is 2.14. The van der Waals surface area contributed by atoms with Crippen molar-refractivity contribution in [2.24, 2.45) is 0 Å². The van der Waals surface area contributed by atoms with Gasteiger partial charge in [-0.05, 0) is 43.3 Å². The number of anilines is 1. The number of hydrogen-bond acceptors (Lipinski definition) is 7. The number of rotatable bonds is 6. The van der Waals surface area contributed by atoms with Crippen molar-refractivity contribution >= 4 is 17.6 Å². The minimum absolute atomic E-state index is 0.0787. The molecule has 1 aromatic heterocycles. The van der Waals surface area contributed by atoms with Gasteiger partial charge in [0.1, 0.15) is 6.54 Å². The van der Waals surface area contributed by atoms with Crippen molar-refractivity contribution in [1.29, 1.82) is 5.26 Å². The van der Waals surface area contributed by atoms with Gasteiger partial charge in [0.2, 0.25) is 5.89 Å². The summed E-state index contributed by atoms with van der Waals surface area (Å²) in [5.74, 6) is -2.10. The molecule has 3 aromatic rings. The van der Waals surface area contributed by atoms with Gasteiger partial charge >= 0.3 is 11.7 Å². The van der Waals surface area contributed by atoms with Crippen LogP contribution in [0.4, 0.5) is 5.69 Å². The van der Waals surface area contributed by atoms with Crippen LogP contribution < -0.4 is 11.1 Å². The Balaban J connectivity index is 1.58. The largest absolute Gasteiger partial charge is 0.451 e. The lowest BCUT2D eigenvalue weighted by Crippen LogP contribution is -2.32. The Morgan fingerprint density at radius 3 is 2.55 bits per heavy atom. The molecule has 1 heterocycles. The average molecular weight is 392 g/mol. The normalized spacial score (nSPS) is 11.3. The third-order valence-corrected chi connectivity index (χ3v) is 3.86.